The van der Waals surface area contributed by atoms with Crippen molar-refractivity contribution in [1.82, 2.24) is 23.9 Å². The van der Waals surface area contributed by atoms with Crippen molar-refractivity contribution in [2.24, 2.45) is 7.05 Å². The Bertz CT molecular complexity index is 1420. The van der Waals surface area contributed by atoms with Gasteiger partial charge in [-0.25, -0.2) is 4.79 Å². The van der Waals surface area contributed by atoms with Crippen LogP contribution in [0.3, 0.4) is 0 Å². The van der Waals surface area contributed by atoms with Crippen LogP contribution in [0.5, 0.6) is 0 Å². The van der Waals surface area contributed by atoms with E-state index in [0.29, 0.717) is 36.3 Å². The van der Waals surface area contributed by atoms with Crippen molar-refractivity contribution in [2.75, 3.05) is 11.5 Å². The third-order valence-electron chi connectivity index (χ3n) is 5.28. The molecule has 0 aliphatic rings. The average Bonchev–Trinajstić information content (AvgIpc) is 3.50. The van der Waals surface area contributed by atoms with Crippen LogP contribution >= 0.6 is 11.8 Å². The molecule has 0 saturated carbocycles. The average molecular weight is 481 g/mol. The number of furan rings is 1. The maximum atomic E-state index is 13.1. The highest BCUT2D eigenvalue weighted by molar-refractivity contribution is 7.99. The van der Waals surface area contributed by atoms with Gasteiger partial charge in [-0.05, 0) is 24.1 Å². The van der Waals surface area contributed by atoms with Gasteiger partial charge in [0.05, 0.1) is 18.6 Å². The summed E-state index contributed by atoms with van der Waals surface area (Å²) in [5.74, 6) is 0.376. The van der Waals surface area contributed by atoms with Crippen molar-refractivity contribution in [2.45, 2.75) is 31.6 Å². The summed E-state index contributed by atoms with van der Waals surface area (Å²) < 4.78 is 9.53. The lowest BCUT2D eigenvalue weighted by molar-refractivity contribution is 0.102. The molecule has 0 spiro atoms. The van der Waals surface area contributed by atoms with E-state index in [1.165, 1.54) is 11.6 Å². The summed E-state index contributed by atoms with van der Waals surface area (Å²) in [7, 11) is 1.34. The third-order valence-corrected chi connectivity index (χ3v) is 6.25. The minimum Gasteiger partial charge on any atom is -0.461 e. The van der Waals surface area contributed by atoms with E-state index < -0.39 is 17.0 Å². The van der Waals surface area contributed by atoms with Crippen LogP contribution in [0.1, 0.15) is 29.3 Å². The highest BCUT2D eigenvalue weighted by Crippen LogP contribution is 2.26. The maximum absolute atomic E-state index is 13.1. The molecule has 2 N–H and O–H groups in total. The fourth-order valence-corrected chi connectivity index (χ4v) is 4.39. The van der Waals surface area contributed by atoms with Crippen molar-refractivity contribution >= 4 is 23.4 Å². The molecule has 3 heterocycles. The van der Waals surface area contributed by atoms with E-state index in [-0.39, 0.29) is 17.1 Å². The Kier molecular flexibility index (Phi) is 6.82. The third kappa shape index (κ3) is 4.46. The molecule has 4 rings (SSSR count). The van der Waals surface area contributed by atoms with E-state index in [1.807, 2.05) is 41.8 Å². The standard InChI is InChI=1S/C23H24N6O4S/c1-3-11-28-19(24)18(21(31)27(2)23(28)32)16(30)14-34-22-26-25-20(17-10-7-12-33-17)29(22)13-15-8-5-4-6-9-15/h4-10,12H,3,11,13-14,24H2,1-2H3. The van der Waals surface area contributed by atoms with Gasteiger partial charge in [0.25, 0.3) is 5.56 Å². The van der Waals surface area contributed by atoms with Crippen LogP contribution < -0.4 is 17.0 Å². The number of carbonyl (C=O) groups is 1. The van der Waals surface area contributed by atoms with Crippen molar-refractivity contribution < 1.29 is 9.21 Å². The summed E-state index contributed by atoms with van der Waals surface area (Å²) in [6.45, 7) is 2.65. The van der Waals surface area contributed by atoms with E-state index in [0.717, 1.165) is 21.9 Å². The molecule has 0 aliphatic carbocycles. The minimum absolute atomic E-state index is 0.102. The molecule has 0 atom stereocenters. The number of aromatic nitrogens is 5. The largest absolute Gasteiger partial charge is 0.461 e. The minimum atomic E-state index is -0.706. The molecule has 11 heteroatoms. The molecule has 0 saturated heterocycles. The number of nitrogens with two attached hydrogens (primary N) is 1. The highest BCUT2D eigenvalue weighted by atomic mass is 32.2. The smallest absolute Gasteiger partial charge is 0.332 e. The van der Waals surface area contributed by atoms with Gasteiger partial charge < -0.3 is 10.2 Å². The van der Waals surface area contributed by atoms with Gasteiger partial charge in [0.2, 0.25) is 5.82 Å². The van der Waals surface area contributed by atoms with Gasteiger partial charge in [0.1, 0.15) is 11.4 Å². The van der Waals surface area contributed by atoms with Gasteiger partial charge in [-0.1, -0.05) is 49.0 Å². The van der Waals surface area contributed by atoms with Crippen molar-refractivity contribution in [3.8, 4) is 11.6 Å². The second kappa shape index (κ2) is 9.96. The summed E-state index contributed by atoms with van der Waals surface area (Å²) in [4.78, 5) is 38.1. The first-order chi connectivity index (χ1) is 16.4. The molecule has 176 valence electrons. The van der Waals surface area contributed by atoms with E-state index in [9.17, 15) is 14.4 Å². The molecule has 0 unspecified atom stereocenters. The lowest BCUT2D eigenvalue weighted by atomic mass is 10.2. The van der Waals surface area contributed by atoms with Gasteiger partial charge in [-0.15, -0.1) is 10.2 Å². The molecule has 0 aliphatic heterocycles. The van der Waals surface area contributed by atoms with Crippen LogP contribution in [0.25, 0.3) is 11.6 Å². The number of anilines is 1. The number of benzene rings is 1. The molecule has 10 nitrogen and oxygen atoms in total. The Morgan fingerprint density at radius 3 is 2.53 bits per heavy atom. The van der Waals surface area contributed by atoms with E-state index in [4.69, 9.17) is 10.2 Å². The molecular weight excluding hydrogens is 456 g/mol. The van der Waals surface area contributed by atoms with E-state index >= 15 is 0 Å². The van der Waals surface area contributed by atoms with Crippen molar-refractivity contribution in [1.29, 1.82) is 0 Å². The number of hydrogen-bond acceptors (Lipinski definition) is 8. The van der Waals surface area contributed by atoms with Gasteiger partial charge in [-0.2, -0.15) is 0 Å². The van der Waals surface area contributed by atoms with Gasteiger partial charge >= 0.3 is 5.69 Å². The zero-order valence-corrected chi connectivity index (χ0v) is 19.6. The van der Waals surface area contributed by atoms with Crippen LogP contribution in [0.2, 0.25) is 0 Å². The lowest BCUT2D eigenvalue weighted by Crippen LogP contribution is -2.42. The fraction of sp³-hybridized carbons (Fsp3) is 0.261. The number of ketones is 1. The second-order valence-corrected chi connectivity index (χ2v) is 8.57. The van der Waals surface area contributed by atoms with Gasteiger partial charge in [0.15, 0.2) is 16.7 Å². The van der Waals surface area contributed by atoms with Crippen LogP contribution in [-0.2, 0) is 20.1 Å². The van der Waals surface area contributed by atoms with Crippen LogP contribution in [0, 0.1) is 0 Å². The molecule has 0 fully saturated rings. The van der Waals surface area contributed by atoms with Crippen LogP contribution in [-0.4, -0.2) is 35.4 Å². The normalized spacial score (nSPS) is 11.1. The number of hydrogen-bond donors (Lipinski definition) is 1. The molecule has 0 bridgehead atoms. The monoisotopic (exact) mass is 480 g/mol. The second-order valence-electron chi connectivity index (χ2n) is 7.63. The van der Waals surface area contributed by atoms with Crippen LogP contribution in [0.15, 0.2) is 67.9 Å². The Balaban J connectivity index is 1.65. The number of Topliss-reactive ketones (excluding diaryl/α,β-unsaturated/α-hetero) is 1. The van der Waals surface area contributed by atoms with Crippen molar-refractivity contribution in [3.63, 3.8) is 0 Å². The summed E-state index contributed by atoms with van der Waals surface area (Å²) in [6, 6.07) is 13.3. The predicted molar refractivity (Wildman–Crippen MR) is 129 cm³/mol. The SMILES string of the molecule is CCCn1c(N)c(C(=O)CSc2nnc(-c3ccco3)n2Cc2ccccc2)c(=O)n(C)c1=O. The summed E-state index contributed by atoms with van der Waals surface area (Å²) in [6.07, 6.45) is 2.18. The Labute approximate surface area is 199 Å². The first kappa shape index (κ1) is 23.3. The number of nitrogens with zero attached hydrogens (tertiary/aromatic N) is 5. The van der Waals surface area contributed by atoms with Gasteiger partial charge in [0, 0.05) is 13.6 Å². The fourth-order valence-electron chi connectivity index (χ4n) is 3.58. The lowest BCUT2D eigenvalue weighted by Gasteiger charge is -2.14. The highest BCUT2D eigenvalue weighted by Gasteiger charge is 2.23. The molecule has 34 heavy (non-hydrogen) atoms. The number of carbonyl (C=O) groups excluding carboxylic acids is 1. The predicted octanol–water partition coefficient (Wildman–Crippen LogP) is 2.41. The number of thioether (sulfide) groups is 1. The zero-order chi connectivity index (χ0) is 24.2. The molecule has 0 radical (unpaired) electrons. The van der Waals surface area contributed by atoms with E-state index in [1.54, 1.807) is 18.4 Å². The van der Waals surface area contributed by atoms with Crippen LogP contribution in [0.4, 0.5) is 5.82 Å². The zero-order valence-electron chi connectivity index (χ0n) is 18.8. The van der Waals surface area contributed by atoms with Gasteiger partial charge in [-0.3, -0.25) is 23.3 Å². The maximum Gasteiger partial charge on any atom is 0.332 e. The molecule has 0 amide bonds. The Morgan fingerprint density at radius 1 is 1.09 bits per heavy atom. The molecule has 3 aromatic heterocycles. The molecule has 4 aromatic rings. The van der Waals surface area contributed by atoms with E-state index in [2.05, 4.69) is 10.2 Å². The molecular formula is C23H24N6O4S. The van der Waals surface area contributed by atoms with Crippen molar-refractivity contribution in [3.05, 3.63) is 80.7 Å². The summed E-state index contributed by atoms with van der Waals surface area (Å²) in [5, 5.41) is 8.99. The summed E-state index contributed by atoms with van der Waals surface area (Å²) >= 11 is 1.14. The molecule has 1 aromatic carbocycles. The Morgan fingerprint density at radius 2 is 1.85 bits per heavy atom. The quantitative estimate of drug-likeness (QED) is 0.285. The first-order valence-corrected chi connectivity index (χ1v) is 11.7. The number of rotatable bonds is 9. The topological polar surface area (TPSA) is 131 Å². The Hall–Kier alpha value is -3.86. The number of nitrogen functional groups attached to an aromatic ring is 1. The first-order valence-electron chi connectivity index (χ1n) is 10.7. The summed E-state index contributed by atoms with van der Waals surface area (Å²) in [5.41, 5.74) is 5.67.